The molecule has 1 unspecified atom stereocenters. The van der Waals surface area contributed by atoms with Gasteiger partial charge in [-0.15, -0.1) is 0 Å². The number of piperazine rings is 1. The minimum atomic E-state index is -0.238. The molecule has 4 rings (SSSR count). The topological polar surface area (TPSA) is 41.9 Å². The highest BCUT2D eigenvalue weighted by Crippen LogP contribution is 2.19. The summed E-state index contributed by atoms with van der Waals surface area (Å²) in [6.45, 7) is 2.96. The zero-order valence-corrected chi connectivity index (χ0v) is 12.1. The summed E-state index contributed by atoms with van der Waals surface area (Å²) >= 11 is 0. The molecule has 0 spiro atoms. The zero-order chi connectivity index (χ0) is 14.9. The first-order valence-electron chi connectivity index (χ1n) is 7.49. The quantitative estimate of drug-likeness (QED) is 0.763. The zero-order valence-electron chi connectivity index (χ0n) is 12.1. The van der Waals surface area contributed by atoms with Crippen LogP contribution in [0.1, 0.15) is 11.6 Å². The van der Waals surface area contributed by atoms with Crippen molar-refractivity contribution in [1.29, 1.82) is 0 Å². The van der Waals surface area contributed by atoms with E-state index in [0.717, 1.165) is 36.2 Å². The largest absolute Gasteiger partial charge is 0.314 e. The second-order valence-corrected chi connectivity index (χ2v) is 5.58. The van der Waals surface area contributed by atoms with Crippen molar-refractivity contribution in [3.8, 4) is 5.69 Å². The van der Waals surface area contributed by atoms with Gasteiger partial charge in [-0.3, -0.25) is 0 Å². The first-order chi connectivity index (χ1) is 10.8. The van der Waals surface area contributed by atoms with Crippen LogP contribution in [0.3, 0.4) is 0 Å². The molecule has 2 heterocycles. The Bertz CT molecular complexity index is 788. The van der Waals surface area contributed by atoms with Crippen LogP contribution in [0.5, 0.6) is 0 Å². The van der Waals surface area contributed by atoms with Gasteiger partial charge in [0.15, 0.2) is 0 Å². The SMILES string of the molecule is Fc1ccc2nn(-c3ccc(C4CNCCN4)cc3)cc2c1. The van der Waals surface area contributed by atoms with E-state index in [9.17, 15) is 4.39 Å². The van der Waals surface area contributed by atoms with Crippen molar-refractivity contribution in [1.82, 2.24) is 20.4 Å². The molecule has 0 aliphatic carbocycles. The third-order valence-electron chi connectivity index (χ3n) is 4.07. The van der Waals surface area contributed by atoms with E-state index in [4.69, 9.17) is 0 Å². The molecule has 2 N–H and O–H groups in total. The van der Waals surface area contributed by atoms with Crippen LogP contribution in [0.25, 0.3) is 16.6 Å². The van der Waals surface area contributed by atoms with Gasteiger partial charge in [0, 0.05) is 37.3 Å². The van der Waals surface area contributed by atoms with Crippen LogP contribution < -0.4 is 10.6 Å². The summed E-state index contributed by atoms with van der Waals surface area (Å²) in [5, 5.41) is 12.2. The van der Waals surface area contributed by atoms with Crippen LogP contribution in [-0.2, 0) is 0 Å². The van der Waals surface area contributed by atoms with E-state index < -0.39 is 0 Å². The van der Waals surface area contributed by atoms with Gasteiger partial charge in [0.2, 0.25) is 0 Å². The Kier molecular flexibility index (Phi) is 3.36. The number of benzene rings is 2. The molecule has 1 saturated heterocycles. The molecule has 1 aliphatic rings. The van der Waals surface area contributed by atoms with E-state index in [1.807, 2.05) is 18.3 Å². The van der Waals surface area contributed by atoms with Gasteiger partial charge in [0.05, 0.1) is 11.2 Å². The minimum absolute atomic E-state index is 0.238. The average molecular weight is 296 g/mol. The monoisotopic (exact) mass is 296 g/mol. The van der Waals surface area contributed by atoms with Crippen LogP contribution in [0.2, 0.25) is 0 Å². The number of nitrogens with one attached hydrogen (secondary N) is 2. The fourth-order valence-electron chi connectivity index (χ4n) is 2.88. The van der Waals surface area contributed by atoms with Gasteiger partial charge in [0.1, 0.15) is 5.82 Å². The molecular weight excluding hydrogens is 279 g/mol. The van der Waals surface area contributed by atoms with Crippen LogP contribution >= 0.6 is 0 Å². The second-order valence-electron chi connectivity index (χ2n) is 5.58. The number of fused-ring (bicyclic) bond motifs is 1. The van der Waals surface area contributed by atoms with Crippen molar-refractivity contribution in [3.63, 3.8) is 0 Å². The molecule has 5 heteroatoms. The van der Waals surface area contributed by atoms with Crippen molar-refractivity contribution in [2.24, 2.45) is 0 Å². The van der Waals surface area contributed by atoms with Gasteiger partial charge in [-0.05, 0) is 35.9 Å². The van der Waals surface area contributed by atoms with Gasteiger partial charge >= 0.3 is 0 Å². The summed E-state index contributed by atoms with van der Waals surface area (Å²) in [5.74, 6) is -0.238. The Hall–Kier alpha value is -2.24. The summed E-state index contributed by atoms with van der Waals surface area (Å²) in [7, 11) is 0. The molecule has 22 heavy (non-hydrogen) atoms. The van der Waals surface area contributed by atoms with E-state index in [2.05, 4.69) is 27.9 Å². The Morgan fingerprint density at radius 1 is 1.09 bits per heavy atom. The van der Waals surface area contributed by atoms with E-state index in [0.29, 0.717) is 6.04 Å². The first kappa shape index (κ1) is 13.4. The molecule has 4 nitrogen and oxygen atoms in total. The summed E-state index contributed by atoms with van der Waals surface area (Å²) in [4.78, 5) is 0. The highest BCUT2D eigenvalue weighted by Gasteiger charge is 2.14. The van der Waals surface area contributed by atoms with E-state index >= 15 is 0 Å². The van der Waals surface area contributed by atoms with E-state index in [1.165, 1.54) is 17.7 Å². The van der Waals surface area contributed by atoms with Gasteiger partial charge in [-0.2, -0.15) is 5.10 Å². The Labute approximate surface area is 127 Å². The summed E-state index contributed by atoms with van der Waals surface area (Å²) < 4.78 is 15.0. The van der Waals surface area contributed by atoms with Gasteiger partial charge in [-0.1, -0.05) is 12.1 Å². The fraction of sp³-hybridized carbons (Fsp3) is 0.235. The molecule has 1 aliphatic heterocycles. The average Bonchev–Trinajstić information content (AvgIpc) is 2.99. The molecule has 112 valence electrons. The Balaban J connectivity index is 1.63. The normalized spacial score (nSPS) is 18.7. The standard InChI is InChI=1S/C17H17FN4/c18-14-3-6-16-13(9-14)11-22(21-16)15-4-1-12(2-5-15)17-10-19-7-8-20-17/h1-6,9,11,17,19-20H,7-8,10H2. The molecule has 0 bridgehead atoms. The lowest BCUT2D eigenvalue weighted by molar-refractivity contribution is 0.430. The van der Waals surface area contributed by atoms with Gasteiger partial charge in [-0.25, -0.2) is 9.07 Å². The number of hydrogen-bond donors (Lipinski definition) is 2. The lowest BCUT2D eigenvalue weighted by Crippen LogP contribution is -2.42. The van der Waals surface area contributed by atoms with Crippen LogP contribution in [0, 0.1) is 5.82 Å². The Morgan fingerprint density at radius 3 is 2.73 bits per heavy atom. The summed E-state index contributed by atoms with van der Waals surface area (Å²) in [6.07, 6.45) is 1.85. The van der Waals surface area contributed by atoms with Crippen LogP contribution in [-0.4, -0.2) is 29.4 Å². The lowest BCUT2D eigenvalue weighted by atomic mass is 10.1. The van der Waals surface area contributed by atoms with Crippen LogP contribution in [0.4, 0.5) is 4.39 Å². The molecule has 0 amide bonds. The van der Waals surface area contributed by atoms with Crippen molar-refractivity contribution in [2.45, 2.75) is 6.04 Å². The molecular formula is C17H17FN4. The smallest absolute Gasteiger partial charge is 0.124 e. The van der Waals surface area contributed by atoms with Crippen molar-refractivity contribution >= 4 is 10.9 Å². The van der Waals surface area contributed by atoms with E-state index in [-0.39, 0.29) is 5.82 Å². The number of hydrogen-bond acceptors (Lipinski definition) is 3. The minimum Gasteiger partial charge on any atom is -0.314 e. The third-order valence-corrected chi connectivity index (χ3v) is 4.07. The molecule has 3 aromatic rings. The highest BCUT2D eigenvalue weighted by molar-refractivity contribution is 5.78. The van der Waals surface area contributed by atoms with Gasteiger partial charge in [0.25, 0.3) is 0 Å². The van der Waals surface area contributed by atoms with Crippen molar-refractivity contribution < 1.29 is 4.39 Å². The number of rotatable bonds is 2. The summed E-state index contributed by atoms with van der Waals surface area (Å²) in [6, 6.07) is 13.3. The number of aromatic nitrogens is 2. The molecule has 0 saturated carbocycles. The maximum atomic E-state index is 13.3. The second kappa shape index (κ2) is 5.51. The maximum Gasteiger partial charge on any atom is 0.124 e. The number of halogens is 1. The van der Waals surface area contributed by atoms with Crippen LogP contribution in [0.15, 0.2) is 48.7 Å². The van der Waals surface area contributed by atoms with Crippen molar-refractivity contribution in [3.05, 3.63) is 60.0 Å². The third kappa shape index (κ3) is 2.49. The maximum absolute atomic E-state index is 13.3. The summed E-state index contributed by atoms with van der Waals surface area (Å²) in [5.41, 5.74) is 3.03. The first-order valence-corrected chi connectivity index (χ1v) is 7.49. The highest BCUT2D eigenvalue weighted by atomic mass is 19.1. The molecule has 1 atom stereocenters. The Morgan fingerprint density at radius 2 is 1.95 bits per heavy atom. The fourth-order valence-corrected chi connectivity index (χ4v) is 2.88. The predicted molar refractivity (Wildman–Crippen MR) is 84.6 cm³/mol. The molecule has 1 fully saturated rings. The lowest BCUT2D eigenvalue weighted by Gasteiger charge is -2.24. The molecule has 1 aromatic heterocycles. The number of nitrogens with zero attached hydrogens (tertiary/aromatic N) is 2. The molecule has 2 aromatic carbocycles. The predicted octanol–water partition coefficient (Wildman–Crippen LogP) is 2.40. The van der Waals surface area contributed by atoms with Gasteiger partial charge < -0.3 is 10.6 Å². The molecule has 0 radical (unpaired) electrons. The van der Waals surface area contributed by atoms with E-state index in [1.54, 1.807) is 10.7 Å². The van der Waals surface area contributed by atoms with Crippen molar-refractivity contribution in [2.75, 3.05) is 19.6 Å².